The summed E-state index contributed by atoms with van der Waals surface area (Å²) in [5.41, 5.74) is 1.22. The summed E-state index contributed by atoms with van der Waals surface area (Å²) in [6.45, 7) is 7.71. The van der Waals surface area contributed by atoms with E-state index in [-0.39, 0.29) is 6.04 Å². The maximum atomic E-state index is 5.35. The summed E-state index contributed by atoms with van der Waals surface area (Å²) < 4.78 is 10.6. The van der Waals surface area contributed by atoms with Crippen LogP contribution in [0.5, 0.6) is 5.75 Å². The summed E-state index contributed by atoms with van der Waals surface area (Å²) in [6.07, 6.45) is 0. The Kier molecular flexibility index (Phi) is 9.88. The van der Waals surface area contributed by atoms with Crippen LogP contribution in [0.3, 0.4) is 0 Å². The first kappa shape index (κ1) is 20.3. The molecule has 1 aromatic carbocycles. The van der Waals surface area contributed by atoms with Crippen molar-refractivity contribution in [2.45, 2.75) is 19.9 Å². The molecule has 0 fully saturated rings. The summed E-state index contributed by atoms with van der Waals surface area (Å²) in [5, 5.41) is 6.56. The molecule has 0 radical (unpaired) electrons. The number of nitrogens with one attached hydrogen (secondary N) is 2. The van der Waals surface area contributed by atoms with Gasteiger partial charge in [-0.05, 0) is 45.6 Å². The van der Waals surface area contributed by atoms with Gasteiger partial charge in [0.15, 0.2) is 5.96 Å². The summed E-state index contributed by atoms with van der Waals surface area (Å²) in [4.78, 5) is 6.89. The van der Waals surface area contributed by atoms with Crippen molar-refractivity contribution in [3.63, 3.8) is 0 Å². The number of ether oxygens (including phenoxy) is 2. The third-order valence-electron chi connectivity index (χ3n) is 3.63. The van der Waals surface area contributed by atoms with Gasteiger partial charge in [0.2, 0.25) is 0 Å². The fourth-order valence-electron chi connectivity index (χ4n) is 2.30. The number of rotatable bonds is 10. The van der Waals surface area contributed by atoms with Gasteiger partial charge >= 0.3 is 0 Å². The van der Waals surface area contributed by atoms with Crippen LogP contribution in [0.25, 0.3) is 0 Å². The Bertz CT molecular complexity index is 474. The Labute approximate surface area is 146 Å². The van der Waals surface area contributed by atoms with Crippen molar-refractivity contribution in [1.82, 2.24) is 15.5 Å². The quantitative estimate of drug-likeness (QED) is 0.388. The fraction of sp³-hybridized carbons (Fsp3) is 0.611. The minimum Gasteiger partial charge on any atom is -0.497 e. The predicted octanol–water partition coefficient (Wildman–Crippen LogP) is 1.89. The van der Waals surface area contributed by atoms with Crippen molar-refractivity contribution < 1.29 is 9.47 Å². The molecule has 1 atom stereocenters. The van der Waals surface area contributed by atoms with Crippen LogP contribution in [0.4, 0.5) is 0 Å². The monoisotopic (exact) mass is 336 g/mol. The first-order chi connectivity index (χ1) is 11.6. The Morgan fingerprint density at radius 2 is 1.88 bits per heavy atom. The molecule has 0 bridgehead atoms. The van der Waals surface area contributed by atoms with E-state index in [0.717, 1.165) is 31.4 Å². The Hall–Kier alpha value is -1.79. The first-order valence-electron chi connectivity index (χ1n) is 8.52. The van der Waals surface area contributed by atoms with Gasteiger partial charge in [0.05, 0.1) is 26.3 Å². The largest absolute Gasteiger partial charge is 0.497 e. The molecule has 0 aliphatic heterocycles. The lowest BCUT2D eigenvalue weighted by atomic mass is 10.1. The van der Waals surface area contributed by atoms with Gasteiger partial charge in [-0.2, -0.15) is 0 Å². The van der Waals surface area contributed by atoms with Crippen molar-refractivity contribution in [3.05, 3.63) is 29.8 Å². The van der Waals surface area contributed by atoms with E-state index in [4.69, 9.17) is 14.5 Å². The molecule has 0 heterocycles. The maximum Gasteiger partial charge on any atom is 0.191 e. The Balaban J connectivity index is 2.72. The van der Waals surface area contributed by atoms with Crippen LogP contribution in [-0.2, 0) is 4.74 Å². The standard InChI is InChI=1S/C18H32N4O2/c1-6-19-18(20-12-13-24-7-2)21-14-17(22(3)4)15-8-10-16(23-5)11-9-15/h8-11,17H,6-7,12-14H2,1-5H3,(H2,19,20,21). The number of hydrogen-bond acceptors (Lipinski definition) is 4. The van der Waals surface area contributed by atoms with Crippen molar-refractivity contribution in [2.75, 3.05) is 54.1 Å². The maximum absolute atomic E-state index is 5.35. The summed E-state index contributed by atoms with van der Waals surface area (Å²) in [7, 11) is 5.82. The third kappa shape index (κ3) is 7.19. The SMILES string of the molecule is CCNC(=NCC(c1ccc(OC)cc1)N(C)C)NCCOCC. The molecule has 0 spiro atoms. The molecule has 24 heavy (non-hydrogen) atoms. The van der Waals surface area contributed by atoms with Crippen LogP contribution < -0.4 is 15.4 Å². The normalized spacial score (nSPS) is 13.0. The molecule has 0 aromatic heterocycles. The smallest absolute Gasteiger partial charge is 0.191 e. The zero-order valence-corrected chi connectivity index (χ0v) is 15.6. The van der Waals surface area contributed by atoms with E-state index < -0.39 is 0 Å². The Morgan fingerprint density at radius 3 is 2.42 bits per heavy atom. The lowest BCUT2D eigenvalue weighted by Gasteiger charge is -2.24. The van der Waals surface area contributed by atoms with Gasteiger partial charge < -0.3 is 25.0 Å². The van der Waals surface area contributed by atoms with Crippen LogP contribution in [0.2, 0.25) is 0 Å². The average Bonchev–Trinajstić information content (AvgIpc) is 2.59. The van der Waals surface area contributed by atoms with E-state index >= 15 is 0 Å². The highest BCUT2D eigenvalue weighted by molar-refractivity contribution is 5.79. The first-order valence-corrected chi connectivity index (χ1v) is 8.52. The van der Waals surface area contributed by atoms with Gasteiger partial charge in [-0.1, -0.05) is 12.1 Å². The van der Waals surface area contributed by atoms with Gasteiger partial charge in [-0.25, -0.2) is 0 Å². The molecule has 1 unspecified atom stereocenters. The molecule has 0 amide bonds. The zero-order chi connectivity index (χ0) is 17.8. The van der Waals surface area contributed by atoms with Crippen LogP contribution in [0.15, 0.2) is 29.3 Å². The van der Waals surface area contributed by atoms with Crippen LogP contribution in [-0.4, -0.2) is 64.9 Å². The van der Waals surface area contributed by atoms with Crippen LogP contribution in [0, 0.1) is 0 Å². The minimum absolute atomic E-state index is 0.207. The number of guanidine groups is 1. The van der Waals surface area contributed by atoms with E-state index in [1.807, 2.05) is 19.1 Å². The van der Waals surface area contributed by atoms with Crippen LogP contribution >= 0.6 is 0 Å². The number of likely N-dealkylation sites (N-methyl/N-ethyl adjacent to an activating group) is 1. The van der Waals surface area contributed by atoms with Crippen molar-refractivity contribution >= 4 is 5.96 Å². The van der Waals surface area contributed by atoms with E-state index in [1.165, 1.54) is 5.56 Å². The number of methoxy groups -OCH3 is 1. The van der Waals surface area contributed by atoms with Crippen LogP contribution in [0.1, 0.15) is 25.5 Å². The molecule has 2 N–H and O–H groups in total. The molecule has 0 aliphatic carbocycles. The molecule has 136 valence electrons. The number of aliphatic imine (C=N–C) groups is 1. The van der Waals surface area contributed by atoms with Crippen molar-refractivity contribution in [1.29, 1.82) is 0 Å². The van der Waals surface area contributed by atoms with Crippen molar-refractivity contribution in [2.24, 2.45) is 4.99 Å². The number of nitrogens with zero attached hydrogens (tertiary/aromatic N) is 2. The molecule has 1 aromatic rings. The van der Waals surface area contributed by atoms with Gasteiger partial charge in [0, 0.05) is 19.7 Å². The van der Waals surface area contributed by atoms with Crippen molar-refractivity contribution in [3.8, 4) is 5.75 Å². The molecule has 0 saturated heterocycles. The molecule has 6 nitrogen and oxygen atoms in total. The number of benzene rings is 1. The highest BCUT2D eigenvalue weighted by Crippen LogP contribution is 2.21. The Morgan fingerprint density at radius 1 is 1.17 bits per heavy atom. The molecular formula is C18H32N4O2. The third-order valence-corrected chi connectivity index (χ3v) is 3.63. The second-order valence-electron chi connectivity index (χ2n) is 5.60. The lowest BCUT2D eigenvalue weighted by Crippen LogP contribution is -2.39. The molecule has 0 aliphatic rings. The highest BCUT2D eigenvalue weighted by Gasteiger charge is 2.14. The fourth-order valence-corrected chi connectivity index (χ4v) is 2.30. The summed E-state index contributed by atoms with van der Waals surface area (Å²) in [6, 6.07) is 8.36. The predicted molar refractivity (Wildman–Crippen MR) is 99.9 cm³/mol. The second-order valence-corrected chi connectivity index (χ2v) is 5.60. The van der Waals surface area contributed by atoms with Gasteiger partial charge in [-0.15, -0.1) is 0 Å². The average molecular weight is 336 g/mol. The topological polar surface area (TPSA) is 58.1 Å². The van der Waals surface area contributed by atoms with Gasteiger partial charge in [0.25, 0.3) is 0 Å². The molecule has 0 saturated carbocycles. The number of hydrogen-bond donors (Lipinski definition) is 2. The van der Waals surface area contributed by atoms with Gasteiger partial charge in [-0.3, -0.25) is 4.99 Å². The molecule has 1 rings (SSSR count). The molecule has 6 heteroatoms. The summed E-state index contributed by atoms with van der Waals surface area (Å²) in [5.74, 6) is 1.68. The molecular weight excluding hydrogens is 304 g/mol. The highest BCUT2D eigenvalue weighted by atomic mass is 16.5. The van der Waals surface area contributed by atoms with E-state index in [9.17, 15) is 0 Å². The zero-order valence-electron chi connectivity index (χ0n) is 15.6. The van der Waals surface area contributed by atoms with E-state index in [0.29, 0.717) is 13.2 Å². The van der Waals surface area contributed by atoms with E-state index in [2.05, 4.69) is 48.7 Å². The summed E-state index contributed by atoms with van der Waals surface area (Å²) >= 11 is 0. The second kappa shape index (κ2) is 11.7. The van der Waals surface area contributed by atoms with Gasteiger partial charge in [0.1, 0.15) is 5.75 Å². The van der Waals surface area contributed by atoms with E-state index in [1.54, 1.807) is 7.11 Å². The lowest BCUT2D eigenvalue weighted by molar-refractivity contribution is 0.152. The minimum atomic E-state index is 0.207.